The lowest BCUT2D eigenvalue weighted by atomic mass is 9.82. The molecular weight excluding hydrogens is 749 g/mol. The van der Waals surface area contributed by atoms with Gasteiger partial charge in [0.2, 0.25) is 0 Å². The number of hydrogen-bond donors (Lipinski definition) is 0. The molecule has 0 radical (unpaired) electrons. The Balaban J connectivity index is 1.05. The SMILES string of the molecule is CC1(C)c2ccccc2-c2cc(N(c3ccccc3)c3ccc4ccc5c(ccc6cccc(N(c7ccccc7)c7ccc8c(c7)-c7ccccc7C8(C)C)c65)c4c3)ccc21. The van der Waals surface area contributed by atoms with Crippen LogP contribution < -0.4 is 9.80 Å². The minimum Gasteiger partial charge on any atom is -0.310 e. The van der Waals surface area contributed by atoms with Crippen molar-refractivity contribution >= 4 is 66.4 Å². The first kappa shape index (κ1) is 36.4. The fourth-order valence-electron chi connectivity index (χ4n) is 10.9. The second kappa shape index (κ2) is 13.5. The van der Waals surface area contributed by atoms with Gasteiger partial charge in [0.05, 0.1) is 5.69 Å². The van der Waals surface area contributed by atoms with Crippen LogP contribution in [0.1, 0.15) is 49.9 Å². The largest absolute Gasteiger partial charge is 0.310 e. The quantitative estimate of drug-likeness (QED) is 0.155. The van der Waals surface area contributed by atoms with Gasteiger partial charge in [0.1, 0.15) is 0 Å². The standard InChI is InChI=1S/C60H46N2/c1-59(2)53-23-13-11-21-47(53)51-37-44(30-34-55(51)59)61(41-17-7-5-8-18-41)43-29-26-39-27-33-49-46(50(39)36-43)32-28-40-16-15-25-57(58(40)49)62(42-19-9-6-10-20-42)45-31-35-56-52(38-45)48-22-12-14-24-54(48)60(56,3)4/h5-38H,1-4H3. The molecule has 0 heterocycles. The first-order valence-corrected chi connectivity index (χ1v) is 21.8. The van der Waals surface area contributed by atoms with Crippen LogP contribution in [-0.4, -0.2) is 0 Å². The summed E-state index contributed by atoms with van der Waals surface area (Å²) in [4.78, 5) is 4.88. The van der Waals surface area contributed by atoms with Gasteiger partial charge < -0.3 is 9.80 Å². The molecule has 0 unspecified atom stereocenters. The highest BCUT2D eigenvalue weighted by atomic mass is 15.1. The summed E-state index contributed by atoms with van der Waals surface area (Å²) >= 11 is 0. The number of nitrogens with zero attached hydrogens (tertiary/aromatic N) is 2. The van der Waals surface area contributed by atoms with E-state index in [-0.39, 0.29) is 10.8 Å². The molecule has 0 N–H and O–H groups in total. The third-order valence-electron chi connectivity index (χ3n) is 14.0. The van der Waals surface area contributed by atoms with Crippen molar-refractivity contribution in [1.29, 1.82) is 0 Å². The molecule has 10 aromatic carbocycles. The van der Waals surface area contributed by atoms with Crippen LogP contribution in [0.5, 0.6) is 0 Å². The third kappa shape index (κ3) is 5.36. The highest BCUT2D eigenvalue weighted by Crippen LogP contribution is 2.53. The average Bonchev–Trinajstić information content (AvgIpc) is 3.68. The highest BCUT2D eigenvalue weighted by Gasteiger charge is 2.37. The fraction of sp³-hybridized carbons (Fsp3) is 0.100. The van der Waals surface area contributed by atoms with Crippen LogP contribution in [0.2, 0.25) is 0 Å². The van der Waals surface area contributed by atoms with Crippen LogP contribution in [0.15, 0.2) is 206 Å². The lowest BCUT2D eigenvalue weighted by Gasteiger charge is -2.29. The predicted octanol–water partition coefficient (Wildman–Crippen LogP) is 16.7. The van der Waals surface area contributed by atoms with Crippen molar-refractivity contribution < 1.29 is 0 Å². The maximum absolute atomic E-state index is 2.46. The van der Waals surface area contributed by atoms with E-state index >= 15 is 0 Å². The highest BCUT2D eigenvalue weighted by molar-refractivity contribution is 6.22. The number of hydrogen-bond acceptors (Lipinski definition) is 2. The summed E-state index contributed by atoms with van der Waals surface area (Å²) in [5, 5.41) is 7.37. The zero-order chi connectivity index (χ0) is 41.7. The Morgan fingerprint density at radius 1 is 0.290 bits per heavy atom. The topological polar surface area (TPSA) is 6.48 Å². The molecule has 2 heteroatoms. The Hall–Kier alpha value is -7.42. The van der Waals surface area contributed by atoms with Gasteiger partial charge >= 0.3 is 0 Å². The summed E-state index contributed by atoms with van der Waals surface area (Å²) < 4.78 is 0. The van der Waals surface area contributed by atoms with Gasteiger partial charge in [0.15, 0.2) is 0 Å². The van der Waals surface area contributed by atoms with Crippen molar-refractivity contribution in [2.45, 2.75) is 38.5 Å². The Labute approximate surface area is 364 Å². The number of benzene rings is 10. The first-order valence-electron chi connectivity index (χ1n) is 21.8. The first-order chi connectivity index (χ1) is 30.3. The molecule has 10 aromatic rings. The molecule has 0 atom stereocenters. The number of anilines is 6. The molecular formula is C60H46N2. The van der Waals surface area contributed by atoms with Crippen LogP contribution in [0, 0.1) is 0 Å². The number of fused-ring (bicyclic) bond motifs is 11. The molecule has 0 saturated carbocycles. The van der Waals surface area contributed by atoms with Gasteiger partial charge in [-0.1, -0.05) is 167 Å². The number of para-hydroxylation sites is 2. The smallest absolute Gasteiger partial charge is 0.0546 e. The molecule has 62 heavy (non-hydrogen) atoms. The minimum atomic E-state index is -0.0590. The van der Waals surface area contributed by atoms with E-state index in [0.717, 1.165) is 34.1 Å². The second-order valence-electron chi connectivity index (χ2n) is 18.1. The van der Waals surface area contributed by atoms with E-state index in [2.05, 4.69) is 244 Å². The van der Waals surface area contributed by atoms with Crippen molar-refractivity contribution in [2.24, 2.45) is 0 Å². The van der Waals surface area contributed by atoms with E-state index in [9.17, 15) is 0 Å². The fourth-order valence-corrected chi connectivity index (χ4v) is 10.9. The zero-order valence-corrected chi connectivity index (χ0v) is 35.5. The normalized spacial score (nSPS) is 14.1. The minimum absolute atomic E-state index is 0.0511. The monoisotopic (exact) mass is 794 g/mol. The van der Waals surface area contributed by atoms with Crippen molar-refractivity contribution in [1.82, 2.24) is 0 Å². The molecule has 0 aromatic heterocycles. The van der Waals surface area contributed by atoms with Gasteiger partial charge in [-0.15, -0.1) is 0 Å². The Kier molecular flexibility index (Phi) is 7.96. The molecule has 0 amide bonds. The Morgan fingerprint density at radius 2 is 0.758 bits per heavy atom. The van der Waals surface area contributed by atoms with Crippen LogP contribution >= 0.6 is 0 Å². The van der Waals surface area contributed by atoms with E-state index in [1.165, 1.54) is 76.8 Å². The van der Waals surface area contributed by atoms with Crippen LogP contribution in [0.25, 0.3) is 54.6 Å². The lowest BCUT2D eigenvalue weighted by molar-refractivity contribution is 0.660. The van der Waals surface area contributed by atoms with Gasteiger partial charge in [-0.25, -0.2) is 0 Å². The number of rotatable bonds is 6. The molecule has 0 fully saturated rings. The molecule has 0 aliphatic heterocycles. The summed E-state index contributed by atoms with van der Waals surface area (Å²) in [6.07, 6.45) is 0. The molecule has 2 aliphatic rings. The van der Waals surface area contributed by atoms with E-state index in [0.29, 0.717) is 0 Å². The van der Waals surface area contributed by atoms with E-state index < -0.39 is 0 Å². The maximum Gasteiger partial charge on any atom is 0.0546 e. The van der Waals surface area contributed by atoms with Crippen molar-refractivity contribution in [2.75, 3.05) is 9.80 Å². The summed E-state index contributed by atoms with van der Waals surface area (Å²) in [5.74, 6) is 0. The van der Waals surface area contributed by atoms with Crippen LogP contribution in [-0.2, 0) is 10.8 Å². The molecule has 12 rings (SSSR count). The van der Waals surface area contributed by atoms with Gasteiger partial charge in [0, 0.05) is 44.7 Å². The molecule has 296 valence electrons. The summed E-state index contributed by atoms with van der Waals surface area (Å²) in [6, 6.07) is 76.7. The Bertz CT molecular complexity index is 3410. The van der Waals surface area contributed by atoms with Crippen molar-refractivity contribution in [3.8, 4) is 22.3 Å². The summed E-state index contributed by atoms with van der Waals surface area (Å²) in [5.41, 5.74) is 17.5. The molecule has 0 saturated heterocycles. The van der Waals surface area contributed by atoms with E-state index in [1.807, 2.05) is 0 Å². The molecule has 2 aliphatic carbocycles. The Morgan fingerprint density at radius 3 is 1.39 bits per heavy atom. The van der Waals surface area contributed by atoms with Gasteiger partial charge in [0.25, 0.3) is 0 Å². The van der Waals surface area contributed by atoms with E-state index in [4.69, 9.17) is 0 Å². The predicted molar refractivity (Wildman–Crippen MR) is 263 cm³/mol. The van der Waals surface area contributed by atoms with Gasteiger partial charge in [-0.05, 0) is 138 Å². The van der Waals surface area contributed by atoms with Gasteiger partial charge in [-0.3, -0.25) is 0 Å². The molecule has 2 nitrogen and oxygen atoms in total. The molecule has 0 bridgehead atoms. The third-order valence-corrected chi connectivity index (χ3v) is 14.0. The summed E-state index contributed by atoms with van der Waals surface area (Å²) in [6.45, 7) is 9.40. The second-order valence-corrected chi connectivity index (χ2v) is 18.1. The van der Waals surface area contributed by atoms with E-state index in [1.54, 1.807) is 0 Å². The zero-order valence-electron chi connectivity index (χ0n) is 35.5. The van der Waals surface area contributed by atoms with Crippen molar-refractivity contribution in [3.05, 3.63) is 229 Å². The van der Waals surface area contributed by atoms with Crippen LogP contribution in [0.3, 0.4) is 0 Å². The maximum atomic E-state index is 2.46. The van der Waals surface area contributed by atoms with Crippen molar-refractivity contribution in [3.63, 3.8) is 0 Å². The molecule has 0 spiro atoms. The van der Waals surface area contributed by atoms with Gasteiger partial charge in [-0.2, -0.15) is 0 Å². The summed E-state index contributed by atoms with van der Waals surface area (Å²) in [7, 11) is 0. The van der Waals surface area contributed by atoms with Crippen LogP contribution in [0.4, 0.5) is 34.1 Å². The lowest BCUT2D eigenvalue weighted by Crippen LogP contribution is -2.15. The average molecular weight is 795 g/mol.